The molecule has 1 heterocycles. The van der Waals surface area contributed by atoms with Crippen LogP contribution in [-0.2, 0) is 6.18 Å². The van der Waals surface area contributed by atoms with E-state index in [-0.39, 0.29) is 0 Å². The van der Waals surface area contributed by atoms with Crippen LogP contribution in [0.5, 0.6) is 0 Å². The van der Waals surface area contributed by atoms with Gasteiger partial charge in [0.1, 0.15) is 0 Å². The summed E-state index contributed by atoms with van der Waals surface area (Å²) in [5.74, 6) is 4.70. The first-order valence-corrected chi connectivity index (χ1v) is 10.9. The smallest absolute Gasteiger partial charge is 0.369 e. The maximum atomic E-state index is 13.0. The van der Waals surface area contributed by atoms with E-state index >= 15 is 0 Å². The summed E-state index contributed by atoms with van der Waals surface area (Å²) in [4.78, 5) is 2.07. The van der Waals surface area contributed by atoms with Crippen LogP contribution < -0.4 is 10.3 Å². The first kappa shape index (κ1) is 18.7. The van der Waals surface area contributed by atoms with Crippen molar-refractivity contribution in [1.29, 1.82) is 0 Å². The third-order valence-electron chi connectivity index (χ3n) is 7.79. The van der Waals surface area contributed by atoms with Gasteiger partial charge in [-0.1, -0.05) is 6.07 Å². The highest BCUT2D eigenvalue weighted by Gasteiger charge is 2.47. The molecule has 3 nitrogen and oxygen atoms in total. The van der Waals surface area contributed by atoms with E-state index in [2.05, 4.69) is 15.3 Å². The second-order valence-electron chi connectivity index (χ2n) is 9.48. The zero-order valence-electron chi connectivity index (χ0n) is 16.3. The maximum Gasteiger partial charge on any atom is 0.416 e. The molecule has 0 spiro atoms. The third-order valence-corrected chi connectivity index (χ3v) is 7.79. The number of anilines is 1. The van der Waals surface area contributed by atoms with E-state index < -0.39 is 11.7 Å². The van der Waals surface area contributed by atoms with Crippen molar-refractivity contribution in [3.63, 3.8) is 0 Å². The quantitative estimate of drug-likeness (QED) is 0.818. The van der Waals surface area contributed by atoms with Gasteiger partial charge in [0, 0.05) is 38.4 Å². The average Bonchev–Trinajstić information content (AvgIpc) is 2.67. The summed E-state index contributed by atoms with van der Waals surface area (Å²) in [6.07, 6.45) is 3.00. The van der Waals surface area contributed by atoms with E-state index in [0.29, 0.717) is 5.69 Å². The highest BCUT2D eigenvalue weighted by molar-refractivity contribution is 5.49. The summed E-state index contributed by atoms with van der Waals surface area (Å²) in [7, 11) is 0. The first-order chi connectivity index (χ1) is 13.5. The van der Waals surface area contributed by atoms with Gasteiger partial charge in [-0.2, -0.15) is 13.2 Å². The molecule has 1 saturated heterocycles. The predicted octanol–water partition coefficient (Wildman–Crippen LogP) is 4.40. The largest absolute Gasteiger partial charge is 0.416 e. The Balaban J connectivity index is 1.13. The van der Waals surface area contributed by atoms with E-state index in [9.17, 15) is 13.2 Å². The number of rotatable bonds is 4. The molecule has 4 bridgehead atoms. The predicted molar refractivity (Wildman–Crippen MR) is 104 cm³/mol. The Hall–Kier alpha value is -1.27. The van der Waals surface area contributed by atoms with Gasteiger partial charge in [-0.05, 0) is 79.9 Å². The minimum absolute atomic E-state index is 0.563. The average molecular weight is 393 g/mol. The van der Waals surface area contributed by atoms with Crippen LogP contribution in [0, 0.1) is 29.6 Å². The van der Waals surface area contributed by atoms with Crippen molar-refractivity contribution in [2.75, 3.05) is 37.6 Å². The monoisotopic (exact) mass is 393 g/mol. The van der Waals surface area contributed by atoms with Gasteiger partial charge in [0.2, 0.25) is 0 Å². The third kappa shape index (κ3) is 3.65. The van der Waals surface area contributed by atoms with Crippen LogP contribution in [0.2, 0.25) is 0 Å². The van der Waals surface area contributed by atoms with Crippen molar-refractivity contribution in [3.05, 3.63) is 29.8 Å². The lowest BCUT2D eigenvalue weighted by atomic mass is 9.52. The van der Waals surface area contributed by atoms with Gasteiger partial charge < -0.3 is 4.90 Å². The van der Waals surface area contributed by atoms with Crippen LogP contribution in [0.25, 0.3) is 0 Å². The van der Waals surface area contributed by atoms with Crippen LogP contribution >= 0.6 is 0 Å². The molecule has 4 saturated carbocycles. The fourth-order valence-electron chi connectivity index (χ4n) is 6.61. The van der Waals surface area contributed by atoms with Crippen molar-refractivity contribution in [2.45, 2.75) is 38.3 Å². The highest BCUT2D eigenvalue weighted by Crippen LogP contribution is 2.56. The lowest BCUT2D eigenvalue weighted by molar-refractivity contribution is -0.137. The summed E-state index contributed by atoms with van der Waals surface area (Å²) in [5.41, 5.74) is 3.80. The normalized spacial score (nSPS) is 35.5. The van der Waals surface area contributed by atoms with Crippen molar-refractivity contribution in [3.8, 4) is 0 Å². The van der Waals surface area contributed by atoms with E-state index in [0.717, 1.165) is 68.4 Å². The summed E-state index contributed by atoms with van der Waals surface area (Å²) in [6, 6.07) is 5.71. The Morgan fingerprint density at radius 1 is 0.893 bits per heavy atom. The summed E-state index contributed by atoms with van der Waals surface area (Å²) in [5, 5.41) is 2.29. The number of piperazine rings is 1. The van der Waals surface area contributed by atoms with Crippen LogP contribution in [0.15, 0.2) is 24.3 Å². The Morgan fingerprint density at radius 3 is 2.14 bits per heavy atom. The number of benzene rings is 1. The van der Waals surface area contributed by atoms with Gasteiger partial charge in [0.15, 0.2) is 0 Å². The van der Waals surface area contributed by atoms with E-state index in [1.807, 2.05) is 0 Å². The van der Waals surface area contributed by atoms with Crippen molar-refractivity contribution in [1.82, 2.24) is 10.4 Å². The topological polar surface area (TPSA) is 18.5 Å². The molecule has 0 aromatic heterocycles. The molecule has 0 radical (unpaired) electrons. The van der Waals surface area contributed by atoms with E-state index in [1.54, 1.807) is 6.07 Å². The second kappa shape index (κ2) is 7.21. The molecule has 1 aliphatic heterocycles. The molecule has 6 rings (SSSR count). The molecular formula is C22H30F3N3. The fraction of sp³-hybridized carbons (Fsp3) is 0.727. The fourth-order valence-corrected chi connectivity index (χ4v) is 6.61. The second-order valence-corrected chi connectivity index (χ2v) is 9.48. The molecule has 0 amide bonds. The van der Waals surface area contributed by atoms with E-state index in [4.69, 9.17) is 0 Å². The SMILES string of the molecule is FC(F)(F)c1cccc(N2CCN(NCC3C4CC5CC(C4)CC3C5)CC2)c1. The Labute approximate surface area is 165 Å². The molecule has 5 aliphatic rings. The van der Waals surface area contributed by atoms with Crippen molar-refractivity contribution in [2.24, 2.45) is 29.6 Å². The number of nitrogens with zero attached hydrogens (tertiary/aromatic N) is 2. The number of halogens is 3. The first-order valence-electron chi connectivity index (χ1n) is 10.9. The minimum atomic E-state index is -4.28. The number of hydrogen-bond donors (Lipinski definition) is 1. The molecule has 154 valence electrons. The molecule has 4 aliphatic carbocycles. The Kier molecular flexibility index (Phi) is 4.82. The summed E-state index contributed by atoms with van der Waals surface area (Å²) >= 11 is 0. The summed E-state index contributed by atoms with van der Waals surface area (Å²) < 4.78 is 38.9. The molecule has 5 fully saturated rings. The lowest BCUT2D eigenvalue weighted by Crippen LogP contribution is -2.55. The standard InChI is InChI=1S/C22H30F3N3/c23-22(24,25)19-2-1-3-20(13-19)27-4-6-28(7-5-27)26-14-21-17-9-15-8-16(11-17)12-18(21)10-15/h1-3,13,15-18,21,26H,4-12,14H2. The van der Waals surface area contributed by atoms with Gasteiger partial charge in [-0.3, -0.25) is 5.43 Å². The maximum absolute atomic E-state index is 13.0. The zero-order chi connectivity index (χ0) is 19.3. The molecule has 1 N–H and O–H groups in total. The summed E-state index contributed by atoms with van der Waals surface area (Å²) in [6.45, 7) is 4.30. The van der Waals surface area contributed by atoms with Crippen molar-refractivity contribution < 1.29 is 13.2 Å². The molecule has 0 unspecified atom stereocenters. The number of hydrogen-bond acceptors (Lipinski definition) is 3. The van der Waals surface area contributed by atoms with E-state index in [1.165, 1.54) is 44.2 Å². The van der Waals surface area contributed by atoms with Gasteiger partial charge >= 0.3 is 6.18 Å². The number of nitrogens with one attached hydrogen (secondary N) is 1. The highest BCUT2D eigenvalue weighted by atomic mass is 19.4. The molecule has 6 heteroatoms. The van der Waals surface area contributed by atoms with Crippen LogP contribution in [0.4, 0.5) is 18.9 Å². The van der Waals surface area contributed by atoms with Crippen LogP contribution in [0.3, 0.4) is 0 Å². The number of hydrazine groups is 1. The Bertz CT molecular complexity index is 669. The molecule has 28 heavy (non-hydrogen) atoms. The molecule has 0 atom stereocenters. The number of alkyl halides is 3. The van der Waals surface area contributed by atoms with Crippen molar-refractivity contribution >= 4 is 5.69 Å². The van der Waals surface area contributed by atoms with Gasteiger partial charge in [-0.25, -0.2) is 5.01 Å². The molecular weight excluding hydrogens is 363 g/mol. The van der Waals surface area contributed by atoms with Gasteiger partial charge in [0.05, 0.1) is 5.56 Å². The minimum Gasteiger partial charge on any atom is -0.369 e. The molecule has 1 aromatic carbocycles. The van der Waals surface area contributed by atoms with Crippen LogP contribution in [0.1, 0.15) is 37.7 Å². The van der Waals surface area contributed by atoms with Crippen LogP contribution in [-0.4, -0.2) is 37.7 Å². The zero-order valence-corrected chi connectivity index (χ0v) is 16.3. The van der Waals surface area contributed by atoms with Gasteiger partial charge in [-0.15, -0.1) is 0 Å². The molecule has 1 aromatic rings. The van der Waals surface area contributed by atoms with Gasteiger partial charge in [0.25, 0.3) is 0 Å². The lowest BCUT2D eigenvalue weighted by Gasteiger charge is -2.55. The Morgan fingerprint density at radius 2 is 1.54 bits per heavy atom.